The maximum absolute atomic E-state index is 12.2. The molecule has 0 saturated carbocycles. The van der Waals surface area contributed by atoms with Crippen molar-refractivity contribution in [3.05, 3.63) is 0 Å². The summed E-state index contributed by atoms with van der Waals surface area (Å²) in [5.74, 6) is 0.198. The molecule has 1 rings (SSSR count). The summed E-state index contributed by atoms with van der Waals surface area (Å²) >= 11 is 0. The largest absolute Gasteiger partial charge is 0.393 e. The van der Waals surface area contributed by atoms with Crippen LogP contribution in [0, 0.1) is 5.92 Å². The van der Waals surface area contributed by atoms with Crippen molar-refractivity contribution in [2.24, 2.45) is 5.92 Å². The predicted molar refractivity (Wildman–Crippen MR) is 64.3 cm³/mol. The first-order chi connectivity index (χ1) is 8.06. The summed E-state index contributed by atoms with van der Waals surface area (Å²) in [4.78, 5) is 2.22. The number of hydrogen-bond acceptors (Lipinski definition) is 3. The van der Waals surface area contributed by atoms with Crippen LogP contribution in [0.15, 0.2) is 0 Å². The number of piperidine rings is 1. The van der Waals surface area contributed by atoms with E-state index in [0.717, 1.165) is 32.5 Å². The Morgan fingerprint density at radius 1 is 1.35 bits per heavy atom. The van der Waals surface area contributed by atoms with Crippen molar-refractivity contribution in [3.63, 3.8) is 0 Å². The molecule has 17 heavy (non-hydrogen) atoms. The van der Waals surface area contributed by atoms with E-state index in [1.54, 1.807) is 0 Å². The van der Waals surface area contributed by atoms with Crippen molar-refractivity contribution >= 4 is 0 Å². The molecule has 2 N–H and O–H groups in total. The Hall–Kier alpha value is -0.260. The lowest BCUT2D eigenvalue weighted by Gasteiger charge is -2.39. The highest BCUT2D eigenvalue weighted by Crippen LogP contribution is 2.21. The van der Waals surface area contributed by atoms with E-state index in [1.165, 1.54) is 0 Å². The van der Waals surface area contributed by atoms with Gasteiger partial charge in [-0.25, -0.2) is 8.78 Å². The summed E-state index contributed by atoms with van der Waals surface area (Å²) in [6.45, 7) is 6.34. The van der Waals surface area contributed by atoms with Crippen molar-refractivity contribution in [3.8, 4) is 0 Å². The monoisotopic (exact) mass is 250 g/mol. The third kappa shape index (κ3) is 4.85. The molecule has 0 bridgehead atoms. The summed E-state index contributed by atoms with van der Waals surface area (Å²) in [7, 11) is 0. The van der Waals surface area contributed by atoms with Gasteiger partial charge in [0.05, 0.1) is 12.6 Å². The molecule has 0 aromatic rings. The second-order valence-electron chi connectivity index (χ2n) is 4.82. The molecule has 3 atom stereocenters. The second-order valence-corrected chi connectivity index (χ2v) is 4.82. The lowest BCUT2D eigenvalue weighted by Crippen LogP contribution is -2.52. The van der Waals surface area contributed by atoms with Crippen molar-refractivity contribution < 1.29 is 13.9 Å². The van der Waals surface area contributed by atoms with Gasteiger partial charge in [0, 0.05) is 19.1 Å². The van der Waals surface area contributed by atoms with Crippen LogP contribution in [0.25, 0.3) is 0 Å². The maximum Gasteiger partial charge on any atom is 0.250 e. The first kappa shape index (κ1) is 14.8. The molecule has 1 aliphatic rings. The minimum atomic E-state index is -2.30. The molecule has 1 fully saturated rings. The van der Waals surface area contributed by atoms with Gasteiger partial charge in [0.15, 0.2) is 0 Å². The Labute approximate surface area is 102 Å². The molecule has 102 valence electrons. The van der Waals surface area contributed by atoms with E-state index < -0.39 is 6.43 Å². The van der Waals surface area contributed by atoms with Crippen molar-refractivity contribution in [2.45, 2.75) is 45.3 Å². The quantitative estimate of drug-likeness (QED) is 0.746. The lowest BCUT2D eigenvalue weighted by molar-refractivity contribution is 0.0338. The average Bonchev–Trinajstić information content (AvgIpc) is 2.34. The Bertz CT molecular complexity index is 217. The summed E-state index contributed by atoms with van der Waals surface area (Å²) in [5, 5.41) is 12.8. The van der Waals surface area contributed by atoms with E-state index in [9.17, 15) is 13.9 Å². The highest BCUT2D eigenvalue weighted by Gasteiger charge is 2.30. The topological polar surface area (TPSA) is 35.5 Å². The van der Waals surface area contributed by atoms with E-state index in [4.69, 9.17) is 0 Å². The van der Waals surface area contributed by atoms with Gasteiger partial charge in [-0.2, -0.15) is 0 Å². The second kappa shape index (κ2) is 7.24. The van der Waals surface area contributed by atoms with Gasteiger partial charge in [-0.05, 0) is 25.3 Å². The van der Waals surface area contributed by atoms with Crippen LogP contribution in [0.5, 0.6) is 0 Å². The first-order valence-electron chi connectivity index (χ1n) is 6.48. The van der Waals surface area contributed by atoms with Gasteiger partial charge in [-0.15, -0.1) is 0 Å². The summed E-state index contributed by atoms with van der Waals surface area (Å²) in [5.41, 5.74) is 0. The molecule has 0 amide bonds. The number of alkyl halides is 2. The minimum absolute atomic E-state index is 0.0731. The number of aliphatic hydroxyl groups excluding tert-OH is 1. The Morgan fingerprint density at radius 3 is 2.59 bits per heavy atom. The van der Waals surface area contributed by atoms with Crippen LogP contribution in [0.2, 0.25) is 0 Å². The molecular formula is C12H24F2N2O. The molecule has 3 nitrogen and oxygen atoms in total. The number of rotatable bonds is 6. The molecule has 1 aliphatic heterocycles. The van der Waals surface area contributed by atoms with Crippen LogP contribution in [-0.4, -0.2) is 54.8 Å². The van der Waals surface area contributed by atoms with E-state index in [2.05, 4.69) is 17.1 Å². The average molecular weight is 250 g/mol. The zero-order valence-electron chi connectivity index (χ0n) is 10.7. The predicted octanol–water partition coefficient (Wildman–Crippen LogP) is 1.32. The van der Waals surface area contributed by atoms with Crippen molar-refractivity contribution in [1.82, 2.24) is 10.2 Å². The zero-order chi connectivity index (χ0) is 12.8. The molecule has 0 aliphatic carbocycles. The standard InChI is InChI=1S/C12H24F2N2O/c1-3-11(17)9-5-10(15-6-12(13)14)8-16(4-2)7-9/h9-12,15,17H,3-8H2,1-2H3. The van der Waals surface area contributed by atoms with Gasteiger partial charge < -0.3 is 15.3 Å². The van der Waals surface area contributed by atoms with E-state index >= 15 is 0 Å². The van der Waals surface area contributed by atoms with Crippen LogP contribution in [-0.2, 0) is 0 Å². The number of aliphatic hydroxyl groups is 1. The van der Waals surface area contributed by atoms with Gasteiger partial charge in [-0.1, -0.05) is 13.8 Å². The molecule has 0 aromatic heterocycles. The van der Waals surface area contributed by atoms with Crippen molar-refractivity contribution in [2.75, 3.05) is 26.2 Å². The zero-order valence-corrected chi connectivity index (χ0v) is 10.7. The summed E-state index contributed by atoms with van der Waals surface area (Å²) < 4.78 is 24.3. The highest BCUT2D eigenvalue weighted by atomic mass is 19.3. The van der Waals surface area contributed by atoms with Crippen LogP contribution >= 0.6 is 0 Å². The van der Waals surface area contributed by atoms with Crippen LogP contribution < -0.4 is 5.32 Å². The van der Waals surface area contributed by atoms with Crippen LogP contribution in [0.1, 0.15) is 26.7 Å². The Morgan fingerprint density at radius 2 is 2.06 bits per heavy atom. The smallest absolute Gasteiger partial charge is 0.250 e. The van der Waals surface area contributed by atoms with Gasteiger partial charge in [-0.3, -0.25) is 0 Å². The summed E-state index contributed by atoms with van der Waals surface area (Å²) in [6.07, 6.45) is -1.11. The molecule has 0 aromatic carbocycles. The number of nitrogens with one attached hydrogen (secondary N) is 1. The first-order valence-corrected chi connectivity index (χ1v) is 6.48. The lowest BCUT2D eigenvalue weighted by atomic mass is 9.88. The maximum atomic E-state index is 12.2. The van der Waals surface area contributed by atoms with E-state index in [-0.39, 0.29) is 24.6 Å². The molecule has 0 radical (unpaired) electrons. The fraction of sp³-hybridized carbons (Fsp3) is 1.00. The Balaban J connectivity index is 2.48. The molecule has 1 heterocycles. The third-order valence-electron chi connectivity index (χ3n) is 3.53. The number of likely N-dealkylation sites (tertiary alicyclic amines) is 1. The normalized spacial score (nSPS) is 28.6. The van der Waals surface area contributed by atoms with Gasteiger partial charge in [0.2, 0.25) is 0 Å². The molecule has 3 unspecified atom stereocenters. The molecule has 0 spiro atoms. The molecule has 5 heteroatoms. The van der Waals surface area contributed by atoms with E-state index in [1.807, 2.05) is 6.92 Å². The van der Waals surface area contributed by atoms with E-state index in [0.29, 0.717) is 0 Å². The number of likely N-dealkylation sites (N-methyl/N-ethyl adjacent to an activating group) is 1. The fourth-order valence-corrected chi connectivity index (χ4v) is 2.51. The third-order valence-corrected chi connectivity index (χ3v) is 3.53. The number of halogens is 2. The van der Waals surface area contributed by atoms with Crippen LogP contribution in [0.3, 0.4) is 0 Å². The van der Waals surface area contributed by atoms with Crippen molar-refractivity contribution in [1.29, 1.82) is 0 Å². The van der Waals surface area contributed by atoms with Gasteiger partial charge in [0.25, 0.3) is 6.43 Å². The number of nitrogens with zero attached hydrogens (tertiary/aromatic N) is 1. The van der Waals surface area contributed by atoms with Gasteiger partial charge >= 0.3 is 0 Å². The molecular weight excluding hydrogens is 226 g/mol. The Kier molecular flexibility index (Phi) is 6.30. The molecule has 1 saturated heterocycles. The highest BCUT2D eigenvalue weighted by molar-refractivity contribution is 4.86. The minimum Gasteiger partial charge on any atom is -0.393 e. The SMILES string of the molecule is CCC(O)C1CC(NCC(F)F)CN(CC)C1. The van der Waals surface area contributed by atoms with Crippen LogP contribution in [0.4, 0.5) is 8.78 Å². The van der Waals surface area contributed by atoms with Gasteiger partial charge in [0.1, 0.15) is 0 Å². The number of hydrogen-bond donors (Lipinski definition) is 2. The fourth-order valence-electron chi connectivity index (χ4n) is 2.51. The summed E-state index contributed by atoms with van der Waals surface area (Å²) in [6, 6.07) is 0.0731.